The SMILES string of the molecule is NC(=NC1C2CCOC2C12CCCC2)N1CCSCC1. The monoisotopic (exact) mass is 295 g/mol. The number of rotatable bonds is 1. The fourth-order valence-corrected chi connectivity index (χ4v) is 5.76. The molecule has 2 N–H and O–H groups in total. The number of nitrogens with two attached hydrogens (primary N) is 1. The summed E-state index contributed by atoms with van der Waals surface area (Å²) in [6, 6.07) is 0.437. The molecule has 0 aromatic heterocycles. The molecule has 1 spiro atoms. The molecule has 20 heavy (non-hydrogen) atoms. The van der Waals surface area contributed by atoms with Gasteiger partial charge in [-0.25, -0.2) is 4.99 Å². The highest BCUT2D eigenvalue weighted by atomic mass is 32.2. The Morgan fingerprint density at radius 1 is 1.25 bits per heavy atom. The minimum atomic E-state index is 0.344. The fourth-order valence-electron chi connectivity index (χ4n) is 4.85. The molecule has 2 aliphatic carbocycles. The lowest BCUT2D eigenvalue weighted by Gasteiger charge is -2.55. The summed E-state index contributed by atoms with van der Waals surface area (Å²) in [6.45, 7) is 3.05. The molecule has 3 atom stereocenters. The minimum Gasteiger partial charge on any atom is -0.377 e. The Morgan fingerprint density at radius 2 is 2.00 bits per heavy atom. The molecule has 2 saturated heterocycles. The Labute approximate surface area is 125 Å². The van der Waals surface area contributed by atoms with Gasteiger partial charge in [-0.3, -0.25) is 0 Å². The summed E-state index contributed by atoms with van der Waals surface area (Å²) >= 11 is 2.02. The molecule has 5 heteroatoms. The van der Waals surface area contributed by atoms with Gasteiger partial charge in [0.1, 0.15) is 0 Å². The van der Waals surface area contributed by atoms with Crippen LogP contribution in [0.2, 0.25) is 0 Å². The molecular formula is C15H25N3OS. The smallest absolute Gasteiger partial charge is 0.191 e. The molecule has 4 fully saturated rings. The van der Waals surface area contributed by atoms with Crippen molar-refractivity contribution in [1.29, 1.82) is 0 Å². The molecule has 0 aromatic rings. The van der Waals surface area contributed by atoms with E-state index in [0.717, 1.165) is 25.7 Å². The van der Waals surface area contributed by atoms with Crippen molar-refractivity contribution in [1.82, 2.24) is 4.90 Å². The van der Waals surface area contributed by atoms with Crippen LogP contribution in [0.3, 0.4) is 0 Å². The number of ether oxygens (including phenoxy) is 1. The Kier molecular flexibility index (Phi) is 3.38. The van der Waals surface area contributed by atoms with E-state index in [1.807, 2.05) is 11.8 Å². The van der Waals surface area contributed by atoms with Crippen molar-refractivity contribution in [3.05, 3.63) is 0 Å². The largest absolute Gasteiger partial charge is 0.377 e. The first-order chi connectivity index (χ1) is 9.81. The highest BCUT2D eigenvalue weighted by Crippen LogP contribution is 2.62. The Balaban J connectivity index is 1.54. The van der Waals surface area contributed by atoms with Crippen LogP contribution in [0, 0.1) is 11.3 Å². The number of hydrogen-bond donors (Lipinski definition) is 1. The number of thioether (sulfide) groups is 1. The van der Waals surface area contributed by atoms with Crippen molar-refractivity contribution in [2.75, 3.05) is 31.2 Å². The lowest BCUT2D eigenvalue weighted by molar-refractivity contribution is -0.117. The third-order valence-electron chi connectivity index (χ3n) is 5.84. The Hall–Kier alpha value is -0.420. The van der Waals surface area contributed by atoms with Gasteiger partial charge in [0.15, 0.2) is 5.96 Å². The van der Waals surface area contributed by atoms with Crippen molar-refractivity contribution >= 4 is 17.7 Å². The maximum atomic E-state index is 6.32. The molecule has 3 unspecified atom stereocenters. The van der Waals surface area contributed by atoms with Gasteiger partial charge in [-0.05, 0) is 19.3 Å². The third-order valence-corrected chi connectivity index (χ3v) is 6.78. The lowest BCUT2D eigenvalue weighted by atomic mass is 9.54. The molecular weight excluding hydrogens is 270 g/mol. The van der Waals surface area contributed by atoms with Gasteiger partial charge in [-0.2, -0.15) is 11.8 Å². The first-order valence-corrected chi connectivity index (χ1v) is 9.24. The summed E-state index contributed by atoms with van der Waals surface area (Å²) in [5.74, 6) is 3.81. The summed E-state index contributed by atoms with van der Waals surface area (Å²) < 4.78 is 6.02. The zero-order valence-corrected chi connectivity index (χ0v) is 12.9. The van der Waals surface area contributed by atoms with Crippen LogP contribution in [-0.4, -0.2) is 54.2 Å². The molecule has 2 heterocycles. The highest BCUT2D eigenvalue weighted by Gasteiger charge is 2.65. The second-order valence-electron chi connectivity index (χ2n) is 6.72. The summed E-state index contributed by atoms with van der Waals surface area (Å²) in [5.41, 5.74) is 6.66. The van der Waals surface area contributed by atoms with Crippen molar-refractivity contribution < 1.29 is 4.74 Å². The molecule has 4 aliphatic rings. The molecule has 2 aliphatic heterocycles. The van der Waals surface area contributed by atoms with Crippen LogP contribution >= 0.6 is 11.8 Å². The summed E-state index contributed by atoms with van der Waals surface area (Å²) in [4.78, 5) is 7.30. The van der Waals surface area contributed by atoms with Crippen LogP contribution in [-0.2, 0) is 4.74 Å². The normalized spacial score (nSPS) is 39.9. The van der Waals surface area contributed by atoms with E-state index in [4.69, 9.17) is 15.5 Å². The predicted octanol–water partition coefficient (Wildman–Crippen LogP) is 1.70. The van der Waals surface area contributed by atoms with Crippen molar-refractivity contribution in [3.8, 4) is 0 Å². The van der Waals surface area contributed by atoms with Crippen molar-refractivity contribution in [2.24, 2.45) is 22.1 Å². The predicted molar refractivity (Wildman–Crippen MR) is 83.1 cm³/mol. The van der Waals surface area contributed by atoms with Gasteiger partial charge in [0, 0.05) is 42.5 Å². The van der Waals surface area contributed by atoms with Gasteiger partial charge in [-0.15, -0.1) is 0 Å². The zero-order valence-electron chi connectivity index (χ0n) is 12.1. The van der Waals surface area contributed by atoms with Crippen LogP contribution in [0.4, 0.5) is 0 Å². The first kappa shape index (κ1) is 13.3. The summed E-state index contributed by atoms with van der Waals surface area (Å²) in [5, 5.41) is 0. The highest BCUT2D eigenvalue weighted by molar-refractivity contribution is 7.99. The second kappa shape index (κ2) is 5.09. The number of hydrogen-bond acceptors (Lipinski definition) is 3. The number of guanidine groups is 1. The maximum absolute atomic E-state index is 6.32. The minimum absolute atomic E-state index is 0.344. The van der Waals surface area contributed by atoms with Gasteiger partial charge >= 0.3 is 0 Å². The number of fused-ring (bicyclic) bond motifs is 2. The van der Waals surface area contributed by atoms with Crippen LogP contribution in [0.25, 0.3) is 0 Å². The molecule has 4 nitrogen and oxygen atoms in total. The number of nitrogens with zero attached hydrogens (tertiary/aromatic N) is 2. The van der Waals surface area contributed by atoms with Crippen LogP contribution in [0.5, 0.6) is 0 Å². The van der Waals surface area contributed by atoms with E-state index in [9.17, 15) is 0 Å². The second-order valence-corrected chi connectivity index (χ2v) is 7.94. The molecule has 0 bridgehead atoms. The number of aliphatic imine (C=N–C) groups is 1. The average molecular weight is 295 g/mol. The Morgan fingerprint density at radius 3 is 2.75 bits per heavy atom. The van der Waals surface area contributed by atoms with Crippen LogP contribution in [0.15, 0.2) is 4.99 Å². The van der Waals surface area contributed by atoms with Gasteiger partial charge in [0.05, 0.1) is 12.1 Å². The van der Waals surface area contributed by atoms with Crippen LogP contribution in [0.1, 0.15) is 32.1 Å². The molecule has 0 amide bonds. The quantitative estimate of drug-likeness (QED) is 0.591. The van der Waals surface area contributed by atoms with E-state index in [-0.39, 0.29) is 0 Å². The maximum Gasteiger partial charge on any atom is 0.191 e. The van der Waals surface area contributed by atoms with Crippen molar-refractivity contribution in [3.63, 3.8) is 0 Å². The molecule has 0 radical (unpaired) electrons. The molecule has 112 valence electrons. The van der Waals surface area contributed by atoms with Crippen molar-refractivity contribution in [2.45, 2.75) is 44.2 Å². The Bertz CT molecular complexity index is 402. The van der Waals surface area contributed by atoms with Gasteiger partial charge in [0.2, 0.25) is 0 Å². The van der Waals surface area contributed by atoms with E-state index in [2.05, 4.69) is 4.90 Å². The molecule has 0 aromatic carbocycles. The molecule has 2 saturated carbocycles. The fraction of sp³-hybridized carbons (Fsp3) is 0.933. The lowest BCUT2D eigenvalue weighted by Crippen LogP contribution is -2.61. The summed E-state index contributed by atoms with van der Waals surface area (Å²) in [6.07, 6.45) is 6.96. The first-order valence-electron chi connectivity index (χ1n) is 8.09. The van der Waals surface area contributed by atoms with E-state index in [0.29, 0.717) is 23.5 Å². The third kappa shape index (κ3) is 1.89. The summed E-state index contributed by atoms with van der Waals surface area (Å²) in [7, 11) is 0. The molecule has 4 rings (SSSR count). The van der Waals surface area contributed by atoms with E-state index in [1.165, 1.54) is 43.6 Å². The topological polar surface area (TPSA) is 50.9 Å². The standard InChI is InChI=1S/C15H25N3OS/c16-14(18-6-9-20-10-7-18)17-12-11-3-8-19-13(11)15(12)4-1-2-5-15/h11-13H,1-10H2,(H2,16,17). The van der Waals surface area contributed by atoms with Gasteiger partial charge in [0.25, 0.3) is 0 Å². The van der Waals surface area contributed by atoms with Gasteiger partial charge < -0.3 is 15.4 Å². The van der Waals surface area contributed by atoms with Gasteiger partial charge in [-0.1, -0.05) is 12.8 Å². The van der Waals surface area contributed by atoms with E-state index >= 15 is 0 Å². The van der Waals surface area contributed by atoms with E-state index in [1.54, 1.807) is 0 Å². The van der Waals surface area contributed by atoms with E-state index < -0.39 is 0 Å². The average Bonchev–Trinajstić information content (AvgIpc) is 3.13. The van der Waals surface area contributed by atoms with Crippen LogP contribution < -0.4 is 5.73 Å². The zero-order chi connectivity index (χ0) is 13.6.